The van der Waals surface area contributed by atoms with E-state index in [4.69, 9.17) is 0 Å². The van der Waals surface area contributed by atoms with Crippen LogP contribution in [0.25, 0.3) is 0 Å². The summed E-state index contributed by atoms with van der Waals surface area (Å²) in [6.07, 6.45) is 6.45. The molecule has 2 heteroatoms. The zero-order chi connectivity index (χ0) is 14.5. The summed E-state index contributed by atoms with van der Waals surface area (Å²) in [7, 11) is 0. The normalized spacial score (nSPS) is 16.0. The van der Waals surface area contributed by atoms with Gasteiger partial charge in [0.25, 0.3) is 0 Å². The van der Waals surface area contributed by atoms with Crippen molar-refractivity contribution >= 4 is 11.3 Å². The van der Waals surface area contributed by atoms with Gasteiger partial charge in [0.15, 0.2) is 0 Å². The predicted octanol–water partition coefficient (Wildman–Crippen LogP) is 4.60. The summed E-state index contributed by atoms with van der Waals surface area (Å²) in [5.74, 6) is 0.744. The number of nitrogens with one attached hydrogen (secondary N) is 1. The molecule has 1 atom stereocenters. The van der Waals surface area contributed by atoms with Crippen molar-refractivity contribution in [1.29, 1.82) is 0 Å². The predicted molar refractivity (Wildman–Crippen MR) is 92.0 cm³/mol. The minimum absolute atomic E-state index is 0.744. The van der Waals surface area contributed by atoms with E-state index in [0.717, 1.165) is 12.0 Å². The maximum Gasteiger partial charge on any atom is 0.00683 e. The Kier molecular flexibility index (Phi) is 5.10. The first-order chi connectivity index (χ1) is 10.3. The Labute approximate surface area is 132 Å². The first-order valence-corrected chi connectivity index (χ1v) is 9.04. The van der Waals surface area contributed by atoms with Gasteiger partial charge in [-0.3, -0.25) is 0 Å². The fourth-order valence-corrected chi connectivity index (χ4v) is 3.46. The van der Waals surface area contributed by atoms with Crippen molar-refractivity contribution in [3.05, 3.63) is 57.8 Å². The molecule has 1 heterocycles. The largest absolute Gasteiger partial charge is 0.314 e. The van der Waals surface area contributed by atoms with Gasteiger partial charge in [0.2, 0.25) is 0 Å². The van der Waals surface area contributed by atoms with Crippen molar-refractivity contribution in [1.82, 2.24) is 5.32 Å². The first kappa shape index (κ1) is 14.8. The Morgan fingerprint density at radius 1 is 1.14 bits per heavy atom. The summed E-state index contributed by atoms with van der Waals surface area (Å²) < 4.78 is 0. The van der Waals surface area contributed by atoms with Crippen LogP contribution in [-0.4, -0.2) is 12.6 Å². The lowest BCUT2D eigenvalue weighted by atomic mass is 9.93. The highest BCUT2D eigenvalue weighted by molar-refractivity contribution is 7.07. The molecular formula is C19H25NS. The van der Waals surface area contributed by atoms with Gasteiger partial charge in [0, 0.05) is 6.04 Å². The lowest BCUT2D eigenvalue weighted by molar-refractivity contribution is 0.442. The summed E-state index contributed by atoms with van der Waals surface area (Å²) in [4.78, 5) is 0. The van der Waals surface area contributed by atoms with Crippen LogP contribution in [0.1, 0.15) is 36.0 Å². The first-order valence-electron chi connectivity index (χ1n) is 8.09. The fraction of sp³-hybridized carbons (Fsp3) is 0.474. The maximum absolute atomic E-state index is 3.72. The van der Waals surface area contributed by atoms with Crippen LogP contribution in [0.2, 0.25) is 0 Å². The van der Waals surface area contributed by atoms with Crippen molar-refractivity contribution in [3.63, 3.8) is 0 Å². The minimum Gasteiger partial charge on any atom is -0.314 e. The molecule has 1 fully saturated rings. The molecule has 1 aromatic carbocycles. The van der Waals surface area contributed by atoms with Gasteiger partial charge >= 0.3 is 0 Å². The Balaban J connectivity index is 1.55. The van der Waals surface area contributed by atoms with Crippen molar-refractivity contribution in [2.75, 3.05) is 6.54 Å². The molecular weight excluding hydrogens is 274 g/mol. The number of thiophene rings is 1. The van der Waals surface area contributed by atoms with Gasteiger partial charge in [0.05, 0.1) is 0 Å². The summed E-state index contributed by atoms with van der Waals surface area (Å²) in [5.41, 5.74) is 4.33. The molecule has 0 spiro atoms. The molecule has 3 rings (SSSR count). The van der Waals surface area contributed by atoms with Crippen molar-refractivity contribution in [2.24, 2.45) is 5.92 Å². The van der Waals surface area contributed by atoms with Crippen LogP contribution in [0, 0.1) is 12.8 Å². The molecule has 1 nitrogen and oxygen atoms in total. The lowest BCUT2D eigenvalue weighted by Crippen LogP contribution is -2.26. The molecule has 1 N–H and O–H groups in total. The Morgan fingerprint density at radius 2 is 1.95 bits per heavy atom. The third kappa shape index (κ3) is 4.98. The molecule has 2 aromatic rings. The summed E-state index contributed by atoms with van der Waals surface area (Å²) in [6, 6.07) is 12.1. The van der Waals surface area contributed by atoms with Crippen LogP contribution in [0.4, 0.5) is 0 Å². The highest BCUT2D eigenvalue weighted by atomic mass is 32.1. The van der Waals surface area contributed by atoms with Crippen LogP contribution in [0.3, 0.4) is 0 Å². The molecule has 1 aliphatic carbocycles. The van der Waals surface area contributed by atoms with Crippen molar-refractivity contribution < 1.29 is 0 Å². The Morgan fingerprint density at radius 3 is 2.62 bits per heavy atom. The van der Waals surface area contributed by atoms with E-state index >= 15 is 0 Å². The molecule has 112 valence electrons. The SMILES string of the molecule is Cc1ccc(CC(CCc2ccsc2)CNC2CC2)cc1. The average Bonchev–Trinajstić information content (AvgIpc) is 3.18. The van der Waals surface area contributed by atoms with Gasteiger partial charge in [-0.05, 0) is 79.4 Å². The number of aryl methyl sites for hydroxylation is 2. The summed E-state index contributed by atoms with van der Waals surface area (Å²) in [6.45, 7) is 3.33. The number of hydrogen-bond donors (Lipinski definition) is 1. The van der Waals surface area contributed by atoms with Crippen LogP contribution in [0.5, 0.6) is 0 Å². The second-order valence-electron chi connectivity index (χ2n) is 6.41. The van der Waals surface area contributed by atoms with E-state index < -0.39 is 0 Å². The van der Waals surface area contributed by atoms with Gasteiger partial charge < -0.3 is 5.32 Å². The highest BCUT2D eigenvalue weighted by Crippen LogP contribution is 2.21. The molecule has 1 saturated carbocycles. The monoisotopic (exact) mass is 299 g/mol. The lowest BCUT2D eigenvalue weighted by Gasteiger charge is -2.18. The van der Waals surface area contributed by atoms with E-state index in [1.54, 1.807) is 0 Å². The van der Waals surface area contributed by atoms with Gasteiger partial charge in [-0.15, -0.1) is 0 Å². The van der Waals surface area contributed by atoms with Gasteiger partial charge in [-0.2, -0.15) is 11.3 Å². The molecule has 1 unspecified atom stereocenters. The fourth-order valence-electron chi connectivity index (χ4n) is 2.76. The topological polar surface area (TPSA) is 12.0 Å². The van der Waals surface area contributed by atoms with Crippen LogP contribution < -0.4 is 5.32 Å². The molecule has 0 aliphatic heterocycles. The van der Waals surface area contributed by atoms with Crippen molar-refractivity contribution in [2.45, 2.75) is 45.1 Å². The summed E-state index contributed by atoms with van der Waals surface area (Å²) in [5, 5.41) is 8.20. The Bertz CT molecular complexity index is 525. The molecule has 0 radical (unpaired) electrons. The van der Waals surface area contributed by atoms with E-state index in [-0.39, 0.29) is 0 Å². The molecule has 0 bridgehead atoms. The van der Waals surface area contributed by atoms with Gasteiger partial charge in [-0.25, -0.2) is 0 Å². The smallest absolute Gasteiger partial charge is 0.00683 e. The van der Waals surface area contributed by atoms with E-state index in [1.807, 2.05) is 11.3 Å². The van der Waals surface area contributed by atoms with Crippen LogP contribution >= 0.6 is 11.3 Å². The van der Waals surface area contributed by atoms with E-state index in [0.29, 0.717) is 0 Å². The maximum atomic E-state index is 3.72. The van der Waals surface area contributed by atoms with Crippen molar-refractivity contribution in [3.8, 4) is 0 Å². The molecule has 0 amide bonds. The average molecular weight is 299 g/mol. The highest BCUT2D eigenvalue weighted by Gasteiger charge is 2.22. The molecule has 21 heavy (non-hydrogen) atoms. The van der Waals surface area contributed by atoms with E-state index in [9.17, 15) is 0 Å². The molecule has 1 aromatic heterocycles. The van der Waals surface area contributed by atoms with Gasteiger partial charge in [0.1, 0.15) is 0 Å². The summed E-state index contributed by atoms with van der Waals surface area (Å²) >= 11 is 1.81. The number of benzene rings is 1. The van der Waals surface area contributed by atoms with Gasteiger partial charge in [-0.1, -0.05) is 29.8 Å². The third-order valence-corrected chi connectivity index (χ3v) is 5.07. The standard InChI is InChI=1S/C19H25NS/c1-15-2-4-16(5-3-15)12-18(13-20-19-8-9-19)7-6-17-10-11-21-14-17/h2-5,10-11,14,18-20H,6-9,12-13H2,1H3. The Hall–Kier alpha value is -1.12. The second kappa shape index (κ2) is 7.24. The molecule has 1 aliphatic rings. The second-order valence-corrected chi connectivity index (χ2v) is 7.19. The zero-order valence-electron chi connectivity index (χ0n) is 12.8. The number of rotatable bonds is 8. The van der Waals surface area contributed by atoms with Crippen LogP contribution in [-0.2, 0) is 12.8 Å². The molecule has 0 saturated heterocycles. The number of hydrogen-bond acceptors (Lipinski definition) is 2. The minimum atomic E-state index is 0.744. The zero-order valence-corrected chi connectivity index (χ0v) is 13.7. The third-order valence-electron chi connectivity index (χ3n) is 4.34. The quantitative estimate of drug-likeness (QED) is 0.751. The van der Waals surface area contributed by atoms with E-state index in [1.165, 1.54) is 55.3 Å². The van der Waals surface area contributed by atoms with E-state index in [2.05, 4.69) is 53.3 Å². The van der Waals surface area contributed by atoms with Crippen LogP contribution in [0.15, 0.2) is 41.1 Å².